The Hall–Kier alpha value is -0.765. The maximum Gasteiger partial charge on any atom is 0.461 e. The minimum atomic E-state index is -0.619. The molecule has 3 aliphatic rings. The van der Waals surface area contributed by atoms with Gasteiger partial charge in [-0.2, -0.15) is 4.40 Å². The van der Waals surface area contributed by atoms with E-state index < -0.39 is 5.41 Å². The SMILES string of the molecule is CCOC(=O)C1(COC2=NSNC2)CCC(B2OC(C)(C)C(C)(C)O2)CC1. The van der Waals surface area contributed by atoms with Crippen LogP contribution in [0.2, 0.25) is 5.82 Å². The molecule has 27 heavy (non-hydrogen) atoms. The van der Waals surface area contributed by atoms with E-state index in [-0.39, 0.29) is 30.1 Å². The van der Waals surface area contributed by atoms with Crippen molar-refractivity contribution in [1.29, 1.82) is 0 Å². The molecule has 1 saturated carbocycles. The molecule has 0 radical (unpaired) electrons. The number of hydrogen-bond donors (Lipinski definition) is 1. The van der Waals surface area contributed by atoms with E-state index in [1.807, 2.05) is 6.92 Å². The van der Waals surface area contributed by atoms with Gasteiger partial charge in [-0.15, -0.1) is 0 Å². The molecule has 0 unspecified atom stereocenters. The first-order valence-electron chi connectivity index (χ1n) is 9.80. The Morgan fingerprint density at radius 3 is 2.41 bits per heavy atom. The second-order valence-electron chi connectivity index (χ2n) is 8.65. The van der Waals surface area contributed by atoms with Gasteiger partial charge in [0.15, 0.2) is 0 Å². The summed E-state index contributed by atoms with van der Waals surface area (Å²) in [5.74, 6) is 0.739. The van der Waals surface area contributed by atoms with E-state index in [1.54, 1.807) is 0 Å². The van der Waals surface area contributed by atoms with Crippen LogP contribution in [0.4, 0.5) is 0 Å². The summed E-state index contributed by atoms with van der Waals surface area (Å²) in [7, 11) is -0.226. The smallest absolute Gasteiger partial charge is 0.461 e. The predicted molar refractivity (Wildman–Crippen MR) is 106 cm³/mol. The fourth-order valence-electron chi connectivity index (χ4n) is 3.75. The lowest BCUT2D eigenvalue weighted by atomic mass is 9.59. The Kier molecular flexibility index (Phi) is 6.15. The summed E-state index contributed by atoms with van der Waals surface area (Å²) < 4.78 is 30.9. The average Bonchev–Trinajstić information content (AvgIpc) is 3.20. The van der Waals surface area contributed by atoms with Gasteiger partial charge in [-0.3, -0.25) is 4.79 Å². The molecule has 0 aromatic rings. The molecule has 1 N–H and O–H groups in total. The van der Waals surface area contributed by atoms with Crippen LogP contribution in [0.1, 0.15) is 60.3 Å². The molecule has 152 valence electrons. The first-order valence-corrected chi connectivity index (χ1v) is 10.6. The van der Waals surface area contributed by atoms with Gasteiger partial charge in [0.25, 0.3) is 0 Å². The van der Waals surface area contributed by atoms with Crippen LogP contribution in [0.3, 0.4) is 0 Å². The van der Waals surface area contributed by atoms with Crippen molar-refractivity contribution < 1.29 is 23.6 Å². The van der Waals surface area contributed by atoms with Crippen LogP contribution in [0, 0.1) is 5.41 Å². The van der Waals surface area contributed by atoms with Gasteiger partial charge in [-0.05, 0) is 53.3 Å². The van der Waals surface area contributed by atoms with Crippen molar-refractivity contribution in [1.82, 2.24) is 4.72 Å². The van der Waals surface area contributed by atoms with Crippen LogP contribution < -0.4 is 4.72 Å². The van der Waals surface area contributed by atoms with Crippen molar-refractivity contribution >= 4 is 31.1 Å². The highest BCUT2D eigenvalue weighted by Gasteiger charge is 2.55. The summed E-state index contributed by atoms with van der Waals surface area (Å²) in [4.78, 5) is 12.7. The molecule has 0 aromatic carbocycles. The third kappa shape index (κ3) is 4.31. The Morgan fingerprint density at radius 2 is 1.89 bits per heavy atom. The summed E-state index contributed by atoms with van der Waals surface area (Å²) in [6.45, 7) is 11.4. The largest absolute Gasteiger partial charge is 0.478 e. The highest BCUT2D eigenvalue weighted by atomic mass is 32.2. The van der Waals surface area contributed by atoms with Crippen molar-refractivity contribution in [3.05, 3.63) is 0 Å². The minimum absolute atomic E-state index is 0.170. The van der Waals surface area contributed by atoms with Crippen molar-refractivity contribution in [3.8, 4) is 0 Å². The number of rotatable bonds is 5. The van der Waals surface area contributed by atoms with Crippen molar-refractivity contribution in [2.75, 3.05) is 19.8 Å². The number of nitrogens with zero attached hydrogens (tertiary/aromatic N) is 1. The summed E-state index contributed by atoms with van der Waals surface area (Å²) in [5, 5.41) is 0. The number of carbonyl (C=O) groups is 1. The van der Waals surface area contributed by atoms with Crippen LogP contribution in [0.5, 0.6) is 0 Å². The Morgan fingerprint density at radius 1 is 1.26 bits per heavy atom. The Labute approximate surface area is 166 Å². The fourth-order valence-corrected chi connectivity index (χ4v) is 4.22. The molecule has 2 aliphatic heterocycles. The van der Waals surface area contributed by atoms with Gasteiger partial charge in [-0.25, -0.2) is 4.72 Å². The van der Waals surface area contributed by atoms with Crippen LogP contribution >= 0.6 is 12.1 Å². The molecule has 1 saturated heterocycles. The molecular weight excluding hydrogens is 367 g/mol. The summed E-state index contributed by atoms with van der Waals surface area (Å²) in [6, 6.07) is 0. The second-order valence-corrected chi connectivity index (χ2v) is 9.30. The minimum Gasteiger partial charge on any atom is -0.478 e. The lowest BCUT2D eigenvalue weighted by Gasteiger charge is -2.38. The summed E-state index contributed by atoms with van der Waals surface area (Å²) in [6.07, 6.45) is 3.10. The van der Waals surface area contributed by atoms with Crippen LogP contribution in [-0.2, 0) is 23.6 Å². The third-order valence-corrected chi connectivity index (χ3v) is 6.87. The maximum atomic E-state index is 12.7. The monoisotopic (exact) mass is 398 g/mol. The predicted octanol–water partition coefficient (Wildman–Crippen LogP) is 3.15. The number of ether oxygens (including phenoxy) is 2. The third-order valence-electron chi connectivity index (χ3n) is 6.30. The van der Waals surface area contributed by atoms with Gasteiger partial charge in [-0.1, -0.05) is 12.8 Å². The van der Waals surface area contributed by atoms with Gasteiger partial charge >= 0.3 is 13.1 Å². The first-order chi connectivity index (χ1) is 12.7. The summed E-state index contributed by atoms with van der Waals surface area (Å²) >= 11 is 1.27. The van der Waals surface area contributed by atoms with Gasteiger partial charge in [0.1, 0.15) is 12.0 Å². The molecule has 2 heterocycles. The maximum absolute atomic E-state index is 12.7. The summed E-state index contributed by atoms with van der Waals surface area (Å²) in [5.41, 5.74) is -1.28. The molecule has 9 heteroatoms. The van der Waals surface area contributed by atoms with Gasteiger partial charge < -0.3 is 18.8 Å². The lowest BCUT2D eigenvalue weighted by molar-refractivity contribution is -0.160. The van der Waals surface area contributed by atoms with E-state index >= 15 is 0 Å². The highest BCUT2D eigenvalue weighted by Crippen LogP contribution is 2.48. The van der Waals surface area contributed by atoms with Crippen molar-refractivity contribution in [3.63, 3.8) is 0 Å². The van der Waals surface area contributed by atoms with Gasteiger partial charge in [0.05, 0.1) is 36.5 Å². The Bertz CT molecular complexity index is 574. The molecule has 1 aliphatic carbocycles. The van der Waals surface area contributed by atoms with E-state index in [0.717, 1.165) is 12.8 Å². The number of nitrogens with one attached hydrogen (secondary N) is 1. The van der Waals surface area contributed by atoms with Gasteiger partial charge in [0.2, 0.25) is 5.90 Å². The Balaban J connectivity index is 1.63. The van der Waals surface area contributed by atoms with Crippen LogP contribution in [0.15, 0.2) is 4.40 Å². The van der Waals surface area contributed by atoms with E-state index in [4.69, 9.17) is 18.8 Å². The zero-order chi connectivity index (χ0) is 19.7. The molecule has 3 rings (SSSR count). The number of hydrogen-bond acceptors (Lipinski definition) is 8. The molecule has 0 aromatic heterocycles. The van der Waals surface area contributed by atoms with Crippen molar-refractivity contribution in [2.24, 2.45) is 9.81 Å². The molecule has 0 amide bonds. The van der Waals surface area contributed by atoms with Crippen LogP contribution in [0.25, 0.3) is 0 Å². The quantitative estimate of drug-likeness (QED) is 0.433. The number of carbonyl (C=O) groups excluding carboxylic acids is 1. The first kappa shape index (κ1) is 21.0. The van der Waals surface area contributed by atoms with Crippen molar-refractivity contribution in [2.45, 2.75) is 77.3 Å². The normalized spacial score (nSPS) is 32.3. The van der Waals surface area contributed by atoms with E-state index in [0.29, 0.717) is 38.5 Å². The second kappa shape index (κ2) is 7.93. The van der Waals surface area contributed by atoms with E-state index in [9.17, 15) is 4.79 Å². The molecule has 2 fully saturated rings. The molecule has 0 atom stereocenters. The van der Waals surface area contributed by atoms with E-state index in [2.05, 4.69) is 36.8 Å². The molecular formula is C18H31BN2O5S. The fraction of sp³-hybridized carbons (Fsp3) is 0.889. The zero-order valence-electron chi connectivity index (χ0n) is 17.0. The van der Waals surface area contributed by atoms with Gasteiger partial charge in [0, 0.05) is 0 Å². The van der Waals surface area contributed by atoms with E-state index in [1.165, 1.54) is 12.1 Å². The molecule has 0 bridgehead atoms. The topological polar surface area (TPSA) is 78.4 Å². The van der Waals surface area contributed by atoms with Crippen LogP contribution in [-0.4, -0.2) is 49.9 Å². The molecule has 0 spiro atoms. The molecule has 7 nitrogen and oxygen atoms in total. The lowest BCUT2D eigenvalue weighted by Crippen LogP contribution is -2.43. The highest BCUT2D eigenvalue weighted by molar-refractivity contribution is 7.96. The standard InChI is InChI=1S/C18H31BN2O5S/c1-6-23-15(22)18(12-24-14-11-20-27-21-14)9-7-13(8-10-18)19-25-16(2,3)17(4,5)26-19/h13,20H,6-12H2,1-5H3. The zero-order valence-corrected chi connectivity index (χ0v) is 17.8. The average molecular weight is 398 g/mol. The number of esters is 1.